The number of tetrazole rings is 1. The molecule has 0 amide bonds. The molecule has 9 nitrogen and oxygen atoms in total. The number of aryl methyl sites for hydroxylation is 2. The highest BCUT2D eigenvalue weighted by Gasteiger charge is 2.16. The van der Waals surface area contributed by atoms with Crippen LogP contribution < -0.4 is 11.1 Å². The fourth-order valence-electron chi connectivity index (χ4n) is 3.15. The third kappa shape index (κ3) is 3.84. The van der Waals surface area contributed by atoms with Gasteiger partial charge in [-0.3, -0.25) is 0 Å². The van der Waals surface area contributed by atoms with Gasteiger partial charge in [0.05, 0.1) is 17.1 Å². The van der Waals surface area contributed by atoms with Crippen molar-refractivity contribution in [2.75, 3.05) is 17.6 Å². The average Bonchev–Trinajstić information content (AvgIpc) is 3.36. The zero-order valence-electron chi connectivity index (χ0n) is 16.5. The molecule has 30 heavy (non-hydrogen) atoms. The lowest BCUT2D eigenvalue weighted by Gasteiger charge is -2.07. The Morgan fingerprint density at radius 3 is 2.50 bits per heavy atom. The van der Waals surface area contributed by atoms with E-state index in [-0.39, 0.29) is 0 Å². The number of hydrogen-bond donors (Lipinski definition) is 2. The molecule has 0 saturated carbocycles. The Labute approximate surface area is 173 Å². The fraction of sp³-hybridized carbons (Fsp3) is 0.190. The van der Waals surface area contributed by atoms with Crippen LogP contribution in [0, 0.1) is 18.3 Å². The first kappa shape index (κ1) is 19.1. The summed E-state index contributed by atoms with van der Waals surface area (Å²) in [4.78, 5) is 0. The van der Waals surface area contributed by atoms with Gasteiger partial charge in [0.1, 0.15) is 17.5 Å². The minimum atomic E-state index is 0.356. The van der Waals surface area contributed by atoms with Crippen LogP contribution in [0.2, 0.25) is 0 Å². The van der Waals surface area contributed by atoms with Crippen LogP contribution in [0.25, 0.3) is 11.4 Å². The molecule has 4 aromatic rings. The summed E-state index contributed by atoms with van der Waals surface area (Å²) in [6, 6.07) is 19.7. The Bertz CT molecular complexity index is 1170. The molecule has 0 spiro atoms. The molecule has 0 saturated heterocycles. The third-order valence-corrected chi connectivity index (χ3v) is 4.73. The van der Waals surface area contributed by atoms with Gasteiger partial charge < -0.3 is 11.1 Å². The second-order valence-electron chi connectivity index (χ2n) is 6.85. The Morgan fingerprint density at radius 1 is 1.03 bits per heavy atom. The van der Waals surface area contributed by atoms with Crippen molar-refractivity contribution in [3.05, 3.63) is 71.4 Å². The number of rotatable bonds is 7. The van der Waals surface area contributed by atoms with Crippen LogP contribution in [-0.2, 0) is 6.42 Å². The van der Waals surface area contributed by atoms with Crippen LogP contribution in [0.1, 0.15) is 23.2 Å². The fourth-order valence-corrected chi connectivity index (χ4v) is 3.15. The molecule has 0 aliphatic carbocycles. The van der Waals surface area contributed by atoms with Crippen LogP contribution in [0.15, 0.2) is 54.6 Å². The van der Waals surface area contributed by atoms with Crippen molar-refractivity contribution in [1.82, 2.24) is 30.0 Å². The maximum absolute atomic E-state index is 9.52. The van der Waals surface area contributed by atoms with Gasteiger partial charge in [0.25, 0.3) is 0 Å². The zero-order valence-corrected chi connectivity index (χ0v) is 16.5. The first-order chi connectivity index (χ1) is 14.7. The molecule has 3 N–H and O–H groups in total. The Balaban J connectivity index is 1.42. The molecule has 0 fully saturated rings. The van der Waals surface area contributed by atoms with Crippen molar-refractivity contribution in [1.29, 1.82) is 5.26 Å². The molecule has 4 rings (SSSR count). The summed E-state index contributed by atoms with van der Waals surface area (Å²) in [6.45, 7) is 2.65. The molecular formula is C21H21N9. The molecule has 2 aromatic carbocycles. The molecule has 2 aromatic heterocycles. The quantitative estimate of drug-likeness (QED) is 0.458. The molecule has 0 bridgehead atoms. The number of nitrogen functional groups attached to an aromatic ring is 1. The van der Waals surface area contributed by atoms with Crippen molar-refractivity contribution >= 4 is 11.8 Å². The van der Waals surface area contributed by atoms with Gasteiger partial charge in [-0.2, -0.15) is 15.0 Å². The Morgan fingerprint density at radius 2 is 1.77 bits per heavy atom. The van der Waals surface area contributed by atoms with Gasteiger partial charge in [-0.15, -0.1) is 0 Å². The summed E-state index contributed by atoms with van der Waals surface area (Å²) in [5.74, 6) is 0.920. The zero-order chi connectivity index (χ0) is 20.9. The van der Waals surface area contributed by atoms with E-state index in [0.717, 1.165) is 17.8 Å². The van der Waals surface area contributed by atoms with E-state index in [0.29, 0.717) is 36.0 Å². The smallest absolute Gasteiger partial charge is 0.247 e. The number of nitriles is 1. The molecule has 0 aliphatic heterocycles. The van der Waals surface area contributed by atoms with Crippen molar-refractivity contribution in [2.45, 2.75) is 19.8 Å². The van der Waals surface area contributed by atoms with Gasteiger partial charge in [0, 0.05) is 6.54 Å². The van der Waals surface area contributed by atoms with Gasteiger partial charge >= 0.3 is 0 Å². The number of aromatic nitrogens is 6. The first-order valence-electron chi connectivity index (χ1n) is 9.59. The average molecular weight is 399 g/mol. The van der Waals surface area contributed by atoms with Gasteiger partial charge in [0.2, 0.25) is 5.95 Å². The maximum Gasteiger partial charge on any atom is 0.247 e. The van der Waals surface area contributed by atoms with Crippen LogP contribution in [-0.4, -0.2) is 36.5 Å². The number of para-hydroxylation sites is 1. The van der Waals surface area contributed by atoms with E-state index in [4.69, 9.17) is 5.73 Å². The number of nitrogens with zero attached hydrogens (tertiary/aromatic N) is 7. The second-order valence-corrected chi connectivity index (χ2v) is 6.85. The minimum Gasteiger partial charge on any atom is -0.382 e. The Hall–Kier alpha value is -4.19. The van der Waals surface area contributed by atoms with Crippen molar-refractivity contribution in [3.8, 4) is 17.4 Å². The maximum atomic E-state index is 9.52. The SMILES string of the molecule is Cc1ccc(-n2nnnc2NCCCc2nn(-c3ccccc3)c(N)c2C#N)cc1. The standard InChI is InChI=1S/C21H21N9/c1-15-9-11-17(12-10-15)30-21(25-27-28-30)24-13-5-8-19-18(14-22)20(23)29(26-19)16-6-3-2-4-7-16/h2-4,6-7,9-12H,5,8,13,23H2,1H3,(H,24,25,28). The predicted octanol–water partition coefficient (Wildman–Crippen LogP) is 2.66. The summed E-state index contributed by atoms with van der Waals surface area (Å²) in [5, 5.41) is 29.2. The van der Waals surface area contributed by atoms with Crippen molar-refractivity contribution < 1.29 is 0 Å². The van der Waals surface area contributed by atoms with Crippen molar-refractivity contribution in [3.63, 3.8) is 0 Å². The molecule has 2 heterocycles. The van der Waals surface area contributed by atoms with E-state index in [9.17, 15) is 5.26 Å². The topological polar surface area (TPSA) is 123 Å². The summed E-state index contributed by atoms with van der Waals surface area (Å²) < 4.78 is 3.27. The summed E-state index contributed by atoms with van der Waals surface area (Å²) in [6.07, 6.45) is 1.34. The Kier molecular flexibility index (Phi) is 5.39. The second kappa shape index (κ2) is 8.45. The summed E-state index contributed by atoms with van der Waals surface area (Å²) >= 11 is 0. The molecule has 150 valence electrons. The van der Waals surface area contributed by atoms with Crippen LogP contribution in [0.5, 0.6) is 0 Å². The molecule has 0 aliphatic rings. The van der Waals surface area contributed by atoms with E-state index >= 15 is 0 Å². The number of nitrogens with two attached hydrogens (primary N) is 1. The van der Waals surface area contributed by atoms with E-state index in [2.05, 4.69) is 32.0 Å². The van der Waals surface area contributed by atoms with Crippen LogP contribution in [0.4, 0.5) is 11.8 Å². The number of hydrogen-bond acceptors (Lipinski definition) is 7. The highest BCUT2D eigenvalue weighted by Crippen LogP contribution is 2.21. The molecule has 0 unspecified atom stereocenters. The molecular weight excluding hydrogens is 378 g/mol. The highest BCUT2D eigenvalue weighted by molar-refractivity contribution is 5.56. The monoisotopic (exact) mass is 399 g/mol. The van der Waals surface area contributed by atoms with E-state index in [1.165, 1.54) is 5.56 Å². The lowest BCUT2D eigenvalue weighted by Crippen LogP contribution is -2.10. The van der Waals surface area contributed by atoms with Crippen LogP contribution in [0.3, 0.4) is 0 Å². The van der Waals surface area contributed by atoms with Gasteiger partial charge in [-0.05, 0) is 54.5 Å². The van der Waals surface area contributed by atoms with E-state index in [1.807, 2.05) is 61.5 Å². The lowest BCUT2D eigenvalue weighted by molar-refractivity contribution is 0.774. The lowest BCUT2D eigenvalue weighted by atomic mass is 10.1. The van der Waals surface area contributed by atoms with E-state index in [1.54, 1.807) is 9.36 Å². The molecule has 9 heteroatoms. The first-order valence-corrected chi connectivity index (χ1v) is 9.59. The third-order valence-electron chi connectivity index (χ3n) is 4.73. The predicted molar refractivity (Wildman–Crippen MR) is 113 cm³/mol. The summed E-state index contributed by atoms with van der Waals surface area (Å²) in [5.41, 5.74) is 10.1. The largest absolute Gasteiger partial charge is 0.382 e. The van der Waals surface area contributed by atoms with Gasteiger partial charge in [0.15, 0.2) is 0 Å². The minimum absolute atomic E-state index is 0.356. The number of anilines is 2. The van der Waals surface area contributed by atoms with Gasteiger partial charge in [-0.1, -0.05) is 41.0 Å². The molecule has 0 atom stereocenters. The highest BCUT2D eigenvalue weighted by atomic mass is 15.6. The number of benzene rings is 2. The normalized spacial score (nSPS) is 10.7. The van der Waals surface area contributed by atoms with Crippen molar-refractivity contribution in [2.24, 2.45) is 0 Å². The molecule has 0 radical (unpaired) electrons. The van der Waals surface area contributed by atoms with E-state index < -0.39 is 0 Å². The van der Waals surface area contributed by atoms with Crippen LogP contribution >= 0.6 is 0 Å². The van der Waals surface area contributed by atoms with Gasteiger partial charge in [-0.25, -0.2) is 4.68 Å². The summed E-state index contributed by atoms with van der Waals surface area (Å²) in [7, 11) is 0. The number of nitrogens with one attached hydrogen (secondary N) is 1.